The van der Waals surface area contributed by atoms with Crippen LogP contribution >= 0.6 is 0 Å². The summed E-state index contributed by atoms with van der Waals surface area (Å²) in [7, 11) is 0. The zero-order valence-electron chi connectivity index (χ0n) is 16.1. The maximum absolute atomic E-state index is 12.7. The lowest BCUT2D eigenvalue weighted by Crippen LogP contribution is -2.59. The minimum atomic E-state index is -1.19. The number of aryl methyl sites for hydroxylation is 1. The van der Waals surface area contributed by atoms with Gasteiger partial charge in [-0.25, -0.2) is 4.98 Å². The monoisotopic (exact) mass is 368 g/mol. The van der Waals surface area contributed by atoms with E-state index in [2.05, 4.69) is 20.6 Å². The Morgan fingerprint density at radius 2 is 1.89 bits per heavy atom. The molecular formula is C19H25BN4O3. The number of nitrogens with one attached hydrogen (secondary N) is 2. The molecular weight excluding hydrogens is 343 g/mol. The van der Waals surface area contributed by atoms with Gasteiger partial charge >= 0.3 is 6.92 Å². The molecule has 142 valence electrons. The van der Waals surface area contributed by atoms with Gasteiger partial charge in [0.25, 0.3) is 5.91 Å². The molecule has 1 aromatic heterocycles. The van der Waals surface area contributed by atoms with Crippen molar-refractivity contribution < 1.29 is 14.6 Å². The Morgan fingerprint density at radius 1 is 1.22 bits per heavy atom. The minimum absolute atomic E-state index is 0.130. The van der Waals surface area contributed by atoms with E-state index in [0.717, 1.165) is 11.1 Å². The number of rotatable bonds is 7. The molecule has 0 bridgehead atoms. The van der Waals surface area contributed by atoms with Crippen LogP contribution in [0, 0.1) is 6.92 Å². The second kappa shape index (κ2) is 8.77. The molecule has 2 rings (SSSR count). The van der Waals surface area contributed by atoms with Gasteiger partial charge in [-0.15, -0.1) is 0 Å². The van der Waals surface area contributed by atoms with Crippen molar-refractivity contribution in [1.82, 2.24) is 20.6 Å². The molecule has 2 aromatic rings. The SMILES string of the molecule is CB(O)[C@H](Cc1ccc(C)cc1)NC(=O)C(C)(C)NC(=O)c1cnccn1. The predicted octanol–water partition coefficient (Wildman–Crippen LogP) is 1.17. The highest BCUT2D eigenvalue weighted by Crippen LogP contribution is 2.10. The second-order valence-corrected chi connectivity index (χ2v) is 7.18. The third-order valence-corrected chi connectivity index (χ3v) is 4.26. The van der Waals surface area contributed by atoms with Gasteiger partial charge in [-0.05, 0) is 32.8 Å². The van der Waals surface area contributed by atoms with E-state index >= 15 is 0 Å². The molecule has 0 saturated carbocycles. The van der Waals surface area contributed by atoms with Crippen molar-refractivity contribution in [1.29, 1.82) is 0 Å². The first-order chi connectivity index (χ1) is 12.7. The van der Waals surface area contributed by atoms with E-state index in [4.69, 9.17) is 0 Å². The molecule has 1 atom stereocenters. The Morgan fingerprint density at radius 3 is 2.44 bits per heavy atom. The number of amides is 2. The van der Waals surface area contributed by atoms with Gasteiger partial charge in [-0.3, -0.25) is 14.6 Å². The highest BCUT2D eigenvalue weighted by atomic mass is 16.2. The zero-order chi connectivity index (χ0) is 20.0. The van der Waals surface area contributed by atoms with Crippen molar-refractivity contribution in [3.63, 3.8) is 0 Å². The normalized spacial score (nSPS) is 12.2. The molecule has 2 amide bonds. The van der Waals surface area contributed by atoms with Gasteiger partial charge < -0.3 is 15.7 Å². The van der Waals surface area contributed by atoms with E-state index < -0.39 is 30.2 Å². The van der Waals surface area contributed by atoms with Crippen molar-refractivity contribution in [2.24, 2.45) is 0 Å². The smallest absolute Gasteiger partial charge is 0.309 e. The van der Waals surface area contributed by atoms with Gasteiger partial charge in [0.05, 0.1) is 6.20 Å². The number of benzene rings is 1. The molecule has 8 heteroatoms. The van der Waals surface area contributed by atoms with Crippen LogP contribution in [0.3, 0.4) is 0 Å². The van der Waals surface area contributed by atoms with Crippen LogP contribution in [0.15, 0.2) is 42.9 Å². The molecule has 3 N–H and O–H groups in total. The van der Waals surface area contributed by atoms with E-state index in [1.807, 2.05) is 31.2 Å². The predicted molar refractivity (Wildman–Crippen MR) is 104 cm³/mol. The molecule has 0 aliphatic heterocycles. The van der Waals surface area contributed by atoms with Gasteiger partial charge in [0.15, 0.2) is 0 Å². The van der Waals surface area contributed by atoms with Crippen molar-refractivity contribution in [2.45, 2.75) is 45.5 Å². The minimum Gasteiger partial charge on any atom is -0.449 e. The number of hydrogen-bond acceptors (Lipinski definition) is 5. The van der Waals surface area contributed by atoms with E-state index in [9.17, 15) is 14.6 Å². The average Bonchev–Trinajstić information content (AvgIpc) is 2.63. The first kappa shape index (κ1) is 20.6. The fourth-order valence-electron chi connectivity index (χ4n) is 2.49. The van der Waals surface area contributed by atoms with Crippen molar-refractivity contribution in [3.05, 3.63) is 59.7 Å². The maximum atomic E-state index is 12.7. The molecule has 0 radical (unpaired) electrons. The van der Waals surface area contributed by atoms with Gasteiger partial charge in [0.2, 0.25) is 5.91 Å². The number of hydrogen-bond donors (Lipinski definition) is 3. The van der Waals surface area contributed by atoms with Crippen LogP contribution < -0.4 is 10.6 Å². The largest absolute Gasteiger partial charge is 0.449 e. The van der Waals surface area contributed by atoms with E-state index in [-0.39, 0.29) is 5.69 Å². The number of aromatic nitrogens is 2. The quantitative estimate of drug-likeness (QED) is 0.637. The summed E-state index contributed by atoms with van der Waals surface area (Å²) in [6.07, 6.45) is 4.69. The summed E-state index contributed by atoms with van der Waals surface area (Å²) in [5, 5.41) is 15.6. The van der Waals surface area contributed by atoms with Crippen LogP contribution in [0.5, 0.6) is 0 Å². The lowest BCUT2D eigenvalue weighted by molar-refractivity contribution is -0.126. The molecule has 0 aliphatic carbocycles. The van der Waals surface area contributed by atoms with Gasteiger partial charge in [-0.2, -0.15) is 0 Å². The lowest BCUT2D eigenvalue weighted by atomic mass is 9.61. The zero-order valence-corrected chi connectivity index (χ0v) is 16.1. The Balaban J connectivity index is 2.04. The van der Waals surface area contributed by atoms with Crippen LogP contribution in [0.4, 0.5) is 0 Å². The highest BCUT2D eigenvalue weighted by molar-refractivity contribution is 6.51. The molecule has 0 fully saturated rings. The Bertz CT molecular complexity index is 779. The fourth-order valence-corrected chi connectivity index (χ4v) is 2.49. The molecule has 0 aliphatic rings. The van der Waals surface area contributed by atoms with E-state index in [1.165, 1.54) is 18.6 Å². The van der Waals surface area contributed by atoms with E-state index in [0.29, 0.717) is 6.42 Å². The van der Waals surface area contributed by atoms with Crippen LogP contribution in [0.25, 0.3) is 0 Å². The summed E-state index contributed by atoms with van der Waals surface area (Å²) >= 11 is 0. The highest BCUT2D eigenvalue weighted by Gasteiger charge is 2.33. The van der Waals surface area contributed by atoms with Crippen LogP contribution in [0.1, 0.15) is 35.5 Å². The molecule has 1 aromatic carbocycles. The second-order valence-electron chi connectivity index (χ2n) is 7.18. The molecule has 1 heterocycles. The third kappa shape index (κ3) is 5.89. The van der Waals surface area contributed by atoms with Crippen molar-refractivity contribution in [3.8, 4) is 0 Å². The van der Waals surface area contributed by atoms with Crippen LogP contribution in [0.2, 0.25) is 6.82 Å². The topological polar surface area (TPSA) is 104 Å². The summed E-state index contributed by atoms with van der Waals surface area (Å²) in [6.45, 7) is 6.08. The van der Waals surface area contributed by atoms with Gasteiger partial charge in [0.1, 0.15) is 11.2 Å². The maximum Gasteiger partial charge on any atom is 0.309 e. The molecule has 0 saturated heterocycles. The summed E-state index contributed by atoms with van der Waals surface area (Å²) in [5.74, 6) is -1.36. The van der Waals surface area contributed by atoms with E-state index in [1.54, 1.807) is 20.7 Å². The molecule has 27 heavy (non-hydrogen) atoms. The average molecular weight is 368 g/mol. The van der Waals surface area contributed by atoms with Gasteiger partial charge in [0, 0.05) is 18.3 Å². The van der Waals surface area contributed by atoms with Crippen molar-refractivity contribution in [2.75, 3.05) is 0 Å². The summed E-state index contributed by atoms with van der Waals surface area (Å²) < 4.78 is 0. The Hall–Kier alpha value is -2.74. The number of nitrogens with zero attached hydrogens (tertiary/aromatic N) is 2. The summed E-state index contributed by atoms with van der Waals surface area (Å²) in [4.78, 5) is 32.8. The molecule has 0 unspecified atom stereocenters. The van der Waals surface area contributed by atoms with Gasteiger partial charge in [-0.1, -0.05) is 36.7 Å². The number of carbonyl (C=O) groups excluding carboxylic acids is 2. The van der Waals surface area contributed by atoms with Crippen molar-refractivity contribution >= 4 is 18.7 Å². The molecule has 7 nitrogen and oxygen atoms in total. The standard InChI is InChI=1S/C19H25BN4O3/c1-13-5-7-14(8-6-13)11-16(20(4)27)23-18(26)19(2,3)24-17(25)15-12-21-9-10-22-15/h5-10,12,16,27H,11H2,1-4H3,(H,23,26)(H,24,25)/t16-/m0/s1. The first-order valence-corrected chi connectivity index (χ1v) is 8.82. The summed E-state index contributed by atoms with van der Waals surface area (Å²) in [5.41, 5.74) is 1.09. The third-order valence-electron chi connectivity index (χ3n) is 4.26. The van der Waals surface area contributed by atoms with Crippen LogP contribution in [-0.2, 0) is 11.2 Å². The Labute approximate surface area is 159 Å². The fraction of sp³-hybridized carbons (Fsp3) is 0.368. The Kier molecular flexibility index (Phi) is 6.68. The number of carbonyl (C=O) groups is 2. The lowest BCUT2D eigenvalue weighted by Gasteiger charge is -2.28. The molecule has 0 spiro atoms. The first-order valence-electron chi connectivity index (χ1n) is 8.82. The summed E-state index contributed by atoms with van der Waals surface area (Å²) in [6, 6.07) is 7.92. The van der Waals surface area contributed by atoms with Crippen LogP contribution in [-0.4, -0.2) is 45.2 Å².